The van der Waals surface area contributed by atoms with E-state index in [-0.39, 0.29) is 5.17 Å². The molecule has 0 rings (SSSR count). The van der Waals surface area contributed by atoms with Crippen molar-refractivity contribution in [3.8, 4) is 0 Å². The largest absolute Gasteiger partial charge is 0.272 e. The molecular weight excluding hydrogens is 266 g/mol. The van der Waals surface area contributed by atoms with Crippen LogP contribution in [-0.4, -0.2) is 51.1 Å². The van der Waals surface area contributed by atoms with Crippen LogP contribution in [0, 0.1) is 0 Å². The Morgan fingerprint density at radius 2 is 1.95 bits per heavy atom. The summed E-state index contributed by atoms with van der Waals surface area (Å²) in [6.07, 6.45) is 5.73. The molecule has 0 bridgehead atoms. The molecule has 0 aromatic rings. The maximum Gasteiger partial charge on any atom is 0.264 e. The normalized spacial score (nSPS) is 13.2. The first-order chi connectivity index (χ1) is 8.73. The predicted octanol–water partition coefficient (Wildman–Crippen LogP) is 1.64. The third-order valence-electron chi connectivity index (χ3n) is 2.18. The lowest BCUT2D eigenvalue weighted by Crippen LogP contribution is -2.30. The average molecular weight is 287 g/mol. The molecule has 0 heterocycles. The number of rotatable bonds is 5. The molecule has 0 spiro atoms. The van der Waals surface area contributed by atoms with Crippen molar-refractivity contribution in [1.29, 1.82) is 0 Å². The zero-order chi connectivity index (χ0) is 15.1. The number of hydrazine groups is 1. The third kappa shape index (κ3) is 6.14. The summed E-state index contributed by atoms with van der Waals surface area (Å²) in [5, 5.41) is 10.1. The van der Waals surface area contributed by atoms with E-state index >= 15 is 0 Å². The van der Waals surface area contributed by atoms with Gasteiger partial charge in [0, 0.05) is 27.4 Å². The summed E-state index contributed by atoms with van der Waals surface area (Å²) in [4.78, 5) is 3.57. The quantitative estimate of drug-likeness (QED) is 0.253. The second-order valence-corrected chi connectivity index (χ2v) is 5.69. The molecule has 0 aliphatic rings. The highest BCUT2D eigenvalue weighted by molar-refractivity contribution is 8.05. The van der Waals surface area contributed by atoms with Crippen molar-refractivity contribution < 1.29 is 8.42 Å². The Hall–Kier alpha value is -1.70. The van der Waals surface area contributed by atoms with Crippen LogP contribution in [0.5, 0.6) is 0 Å². The van der Waals surface area contributed by atoms with E-state index in [9.17, 15) is 8.42 Å². The van der Waals surface area contributed by atoms with Gasteiger partial charge in [-0.05, 0) is 17.7 Å². The number of hydrogen-bond donors (Lipinski definition) is 0. The fraction of sp³-hybridized carbons (Fsp3) is 0.545. The van der Waals surface area contributed by atoms with Crippen molar-refractivity contribution >= 4 is 15.0 Å². The Morgan fingerprint density at radius 3 is 2.37 bits per heavy atom. The summed E-state index contributed by atoms with van der Waals surface area (Å²) >= 11 is 0. The first kappa shape index (κ1) is 17.3. The molecule has 0 amide bonds. The number of aliphatic imine (C=N–C) groups is 1. The highest BCUT2D eigenvalue weighted by Crippen LogP contribution is 2.05. The van der Waals surface area contributed by atoms with Crippen LogP contribution in [0.4, 0.5) is 0 Å². The van der Waals surface area contributed by atoms with Gasteiger partial charge in [-0.25, -0.2) is 8.42 Å². The zero-order valence-corrected chi connectivity index (χ0v) is 12.8. The SMILES string of the molecule is C=C(/C=C\CC)N(C)N(C)N=NC(=NC)S(C)(=O)=O. The van der Waals surface area contributed by atoms with Gasteiger partial charge in [0.2, 0.25) is 9.84 Å². The number of allylic oxidation sites excluding steroid dienone is 2. The molecule has 0 saturated heterocycles. The summed E-state index contributed by atoms with van der Waals surface area (Å²) in [6.45, 7) is 5.87. The van der Waals surface area contributed by atoms with Gasteiger partial charge in [-0.2, -0.15) is 5.12 Å². The maximum absolute atomic E-state index is 11.3. The molecule has 0 unspecified atom stereocenters. The van der Waals surface area contributed by atoms with Crippen LogP contribution in [0.2, 0.25) is 0 Å². The summed E-state index contributed by atoms with van der Waals surface area (Å²) in [5.74, 6) is 0. The standard InChI is InChI=1S/C11H21N5O2S/c1-7-8-9-10(2)15(4)16(5)14-13-11(12-3)19(6,17)18/h8-9H,2,7H2,1,3-6H3/b9-8-,12-11?,14-13?. The molecule has 0 saturated carbocycles. The van der Waals surface area contributed by atoms with Crippen LogP contribution in [0.15, 0.2) is 39.8 Å². The summed E-state index contributed by atoms with van der Waals surface area (Å²) in [6, 6.07) is 0. The van der Waals surface area contributed by atoms with E-state index in [4.69, 9.17) is 0 Å². The minimum absolute atomic E-state index is 0.317. The number of sulfone groups is 1. The summed E-state index contributed by atoms with van der Waals surface area (Å²) in [5.41, 5.74) is 0.706. The molecule has 0 aromatic carbocycles. The minimum atomic E-state index is -3.46. The van der Waals surface area contributed by atoms with Crippen molar-refractivity contribution in [3.05, 3.63) is 24.4 Å². The van der Waals surface area contributed by atoms with E-state index in [1.54, 1.807) is 19.1 Å². The lowest BCUT2D eigenvalue weighted by atomic mass is 10.3. The molecule has 108 valence electrons. The Bertz CT molecular complexity index is 493. The predicted molar refractivity (Wildman–Crippen MR) is 77.2 cm³/mol. The molecule has 0 N–H and O–H groups in total. The lowest BCUT2D eigenvalue weighted by Gasteiger charge is -2.26. The monoisotopic (exact) mass is 287 g/mol. The van der Waals surface area contributed by atoms with E-state index < -0.39 is 9.84 Å². The van der Waals surface area contributed by atoms with Crippen LogP contribution < -0.4 is 0 Å². The molecule has 19 heavy (non-hydrogen) atoms. The second-order valence-electron chi connectivity index (χ2n) is 3.78. The first-order valence-electron chi connectivity index (χ1n) is 5.65. The van der Waals surface area contributed by atoms with E-state index in [1.807, 2.05) is 19.1 Å². The Kier molecular flexibility index (Phi) is 6.99. The van der Waals surface area contributed by atoms with E-state index in [0.717, 1.165) is 12.7 Å². The van der Waals surface area contributed by atoms with E-state index in [2.05, 4.69) is 21.9 Å². The van der Waals surface area contributed by atoms with Gasteiger partial charge >= 0.3 is 0 Å². The van der Waals surface area contributed by atoms with Gasteiger partial charge in [0.15, 0.2) is 0 Å². The Morgan fingerprint density at radius 1 is 1.37 bits per heavy atom. The van der Waals surface area contributed by atoms with Gasteiger partial charge in [-0.1, -0.05) is 24.7 Å². The molecule has 0 radical (unpaired) electrons. The van der Waals surface area contributed by atoms with Gasteiger partial charge in [-0.15, -0.1) is 0 Å². The molecule has 0 aliphatic carbocycles. The van der Waals surface area contributed by atoms with Crippen LogP contribution in [-0.2, 0) is 9.84 Å². The molecule has 8 heteroatoms. The maximum atomic E-state index is 11.3. The molecular formula is C11H21N5O2S. The Balaban J connectivity index is 4.82. The smallest absolute Gasteiger partial charge is 0.264 e. The van der Waals surface area contributed by atoms with Crippen molar-refractivity contribution in [2.75, 3.05) is 27.4 Å². The van der Waals surface area contributed by atoms with Gasteiger partial charge < -0.3 is 0 Å². The number of likely N-dealkylation sites (N-methyl/N-ethyl adjacent to an activating group) is 1. The van der Waals surface area contributed by atoms with Crippen molar-refractivity contribution in [2.45, 2.75) is 13.3 Å². The number of nitrogens with zero attached hydrogens (tertiary/aromatic N) is 5. The van der Waals surface area contributed by atoms with Crippen LogP contribution >= 0.6 is 0 Å². The van der Waals surface area contributed by atoms with Crippen LogP contribution in [0.3, 0.4) is 0 Å². The highest BCUT2D eigenvalue weighted by atomic mass is 32.2. The number of amidine groups is 1. The van der Waals surface area contributed by atoms with Gasteiger partial charge in [-0.3, -0.25) is 10.0 Å². The van der Waals surface area contributed by atoms with Crippen molar-refractivity contribution in [1.82, 2.24) is 10.1 Å². The van der Waals surface area contributed by atoms with E-state index in [1.165, 1.54) is 12.2 Å². The zero-order valence-electron chi connectivity index (χ0n) is 12.0. The first-order valence-corrected chi connectivity index (χ1v) is 7.54. The molecule has 0 aromatic heterocycles. The minimum Gasteiger partial charge on any atom is -0.272 e. The lowest BCUT2D eigenvalue weighted by molar-refractivity contribution is 0.0646. The Labute approximate surface area is 114 Å². The van der Waals surface area contributed by atoms with Crippen LogP contribution in [0.1, 0.15) is 13.3 Å². The fourth-order valence-electron chi connectivity index (χ4n) is 0.995. The molecule has 0 atom stereocenters. The fourth-order valence-corrected chi connectivity index (χ4v) is 1.51. The number of hydrogen-bond acceptors (Lipinski definition) is 5. The van der Waals surface area contributed by atoms with E-state index in [0.29, 0.717) is 5.70 Å². The van der Waals surface area contributed by atoms with Gasteiger partial charge in [0.25, 0.3) is 5.17 Å². The van der Waals surface area contributed by atoms with Crippen LogP contribution in [0.25, 0.3) is 0 Å². The van der Waals surface area contributed by atoms with Gasteiger partial charge in [0.1, 0.15) is 0 Å². The molecule has 0 aliphatic heterocycles. The van der Waals surface area contributed by atoms with Crippen molar-refractivity contribution in [2.24, 2.45) is 15.3 Å². The topological polar surface area (TPSA) is 77.7 Å². The second kappa shape index (κ2) is 7.67. The van der Waals surface area contributed by atoms with Gasteiger partial charge in [0.05, 0.1) is 5.70 Å². The molecule has 0 fully saturated rings. The average Bonchev–Trinajstić information content (AvgIpc) is 2.33. The highest BCUT2D eigenvalue weighted by Gasteiger charge is 2.12. The summed E-state index contributed by atoms with van der Waals surface area (Å²) in [7, 11) is 1.26. The summed E-state index contributed by atoms with van der Waals surface area (Å²) < 4.78 is 22.5. The third-order valence-corrected chi connectivity index (χ3v) is 3.11. The molecule has 7 nitrogen and oxygen atoms in total. The van der Waals surface area contributed by atoms with Crippen molar-refractivity contribution in [3.63, 3.8) is 0 Å².